The summed E-state index contributed by atoms with van der Waals surface area (Å²) >= 11 is 0. The van der Waals surface area contributed by atoms with E-state index in [9.17, 15) is 4.79 Å². The Kier molecular flexibility index (Phi) is 13.2. The van der Waals surface area contributed by atoms with E-state index < -0.39 is 5.97 Å². The van der Waals surface area contributed by atoms with Crippen LogP contribution in [-0.4, -0.2) is 11.1 Å². The number of aliphatic carboxylic acids is 1. The van der Waals surface area contributed by atoms with Gasteiger partial charge < -0.3 is 5.11 Å². The van der Waals surface area contributed by atoms with Gasteiger partial charge in [-0.05, 0) is 122 Å². The first-order chi connectivity index (χ1) is 20.6. The van der Waals surface area contributed by atoms with Crippen molar-refractivity contribution in [2.24, 2.45) is 58.2 Å². The van der Waals surface area contributed by atoms with Crippen LogP contribution in [-0.2, 0) is 4.79 Å². The van der Waals surface area contributed by atoms with E-state index in [-0.39, 0.29) is 0 Å². The molecule has 248 valence electrons. The van der Waals surface area contributed by atoms with Crippen LogP contribution in [0.4, 0.5) is 0 Å². The Morgan fingerprint density at radius 1 is 0.860 bits per heavy atom. The van der Waals surface area contributed by atoms with Gasteiger partial charge in [0.15, 0.2) is 0 Å². The highest BCUT2D eigenvalue weighted by Crippen LogP contribution is 2.67. The molecule has 3 fully saturated rings. The summed E-state index contributed by atoms with van der Waals surface area (Å²) in [5.74, 6) is 6.79. The number of rotatable bonds is 18. The van der Waals surface area contributed by atoms with Crippen molar-refractivity contribution in [3.63, 3.8) is 0 Å². The molecule has 2 heteroatoms. The van der Waals surface area contributed by atoms with Crippen molar-refractivity contribution in [1.82, 2.24) is 0 Å². The SMILES string of the molecule is CC[C@H](CC[C@@H](C)[C@H]1CC[C@H]2[C@@H]3CC=C4C[C@@H](CCCCCCCCCCCC(=O)O)CC[C@]4(C)[C@H]3CC[C@]12C)C(C)C. The monoisotopic (exact) mass is 597 g/mol. The van der Waals surface area contributed by atoms with Crippen LogP contribution in [0.2, 0.25) is 0 Å². The number of fused-ring (bicyclic) bond motifs is 5. The molecular weight excluding hydrogens is 524 g/mol. The van der Waals surface area contributed by atoms with Crippen molar-refractivity contribution in [3.8, 4) is 0 Å². The van der Waals surface area contributed by atoms with E-state index in [0.29, 0.717) is 17.3 Å². The van der Waals surface area contributed by atoms with Gasteiger partial charge in [-0.1, -0.05) is 124 Å². The Labute approximate surface area is 268 Å². The van der Waals surface area contributed by atoms with Crippen LogP contribution in [0.1, 0.15) is 183 Å². The molecule has 9 atom stereocenters. The third-order valence-corrected chi connectivity index (χ3v) is 14.4. The molecule has 0 radical (unpaired) electrons. The molecule has 1 N–H and O–H groups in total. The lowest BCUT2D eigenvalue weighted by Crippen LogP contribution is -2.50. The van der Waals surface area contributed by atoms with Gasteiger partial charge in [0.2, 0.25) is 0 Å². The average Bonchev–Trinajstić information content (AvgIpc) is 3.33. The molecule has 0 bridgehead atoms. The Bertz CT molecular complexity index is 888. The molecule has 43 heavy (non-hydrogen) atoms. The van der Waals surface area contributed by atoms with Crippen LogP contribution in [0, 0.1) is 58.2 Å². The number of hydrogen-bond donors (Lipinski definition) is 1. The van der Waals surface area contributed by atoms with E-state index >= 15 is 0 Å². The first-order valence-corrected chi connectivity index (χ1v) is 19.5. The van der Waals surface area contributed by atoms with Gasteiger partial charge in [0, 0.05) is 6.42 Å². The molecule has 0 aromatic carbocycles. The zero-order valence-electron chi connectivity index (χ0n) is 29.6. The highest BCUT2D eigenvalue weighted by Gasteiger charge is 2.59. The Morgan fingerprint density at radius 3 is 2.19 bits per heavy atom. The van der Waals surface area contributed by atoms with Gasteiger partial charge in [-0.3, -0.25) is 4.79 Å². The maximum absolute atomic E-state index is 10.6. The topological polar surface area (TPSA) is 37.3 Å². The van der Waals surface area contributed by atoms with Gasteiger partial charge in [0.1, 0.15) is 0 Å². The molecule has 2 nitrogen and oxygen atoms in total. The minimum absolute atomic E-state index is 0.344. The Morgan fingerprint density at radius 2 is 1.53 bits per heavy atom. The second kappa shape index (κ2) is 16.2. The maximum Gasteiger partial charge on any atom is 0.303 e. The van der Waals surface area contributed by atoms with Gasteiger partial charge in [-0.25, -0.2) is 0 Å². The summed E-state index contributed by atoms with van der Waals surface area (Å²) in [7, 11) is 0. The maximum atomic E-state index is 10.6. The molecule has 0 aromatic heterocycles. The molecule has 0 unspecified atom stereocenters. The van der Waals surface area contributed by atoms with Crippen molar-refractivity contribution in [1.29, 1.82) is 0 Å². The van der Waals surface area contributed by atoms with Crippen molar-refractivity contribution >= 4 is 5.97 Å². The number of carboxylic acid groups (broad SMARTS) is 1. The lowest BCUT2D eigenvalue weighted by atomic mass is 9.46. The molecular formula is C41H72O2. The lowest BCUT2D eigenvalue weighted by molar-refractivity contribution is -0.137. The standard InChI is InChI=1S/C41H72O2/c1-7-33(30(2)3)20-19-31(4)36-23-24-37-35-22-21-34-29-32(25-27-40(34,5)38(35)26-28-41(36,37)6)17-15-13-11-9-8-10-12-14-16-18-39(42)43/h21,30-33,35-38H,7-20,22-29H2,1-6H3,(H,42,43)/t31-,32+,33-,35+,36-,37+,38+,40+,41-/m1/s1. The predicted octanol–water partition coefficient (Wildman–Crippen LogP) is 12.7. The van der Waals surface area contributed by atoms with Crippen molar-refractivity contribution in [2.75, 3.05) is 0 Å². The summed E-state index contributed by atoms with van der Waals surface area (Å²) in [6.07, 6.45) is 32.0. The Hall–Kier alpha value is -0.790. The van der Waals surface area contributed by atoms with Gasteiger partial charge in [-0.15, -0.1) is 0 Å². The van der Waals surface area contributed by atoms with E-state index in [0.717, 1.165) is 60.2 Å². The number of hydrogen-bond acceptors (Lipinski definition) is 1. The molecule has 0 amide bonds. The summed E-state index contributed by atoms with van der Waals surface area (Å²) in [4.78, 5) is 10.6. The molecule has 0 spiro atoms. The first kappa shape index (κ1) is 35.1. The molecule has 0 aliphatic heterocycles. The van der Waals surface area contributed by atoms with Crippen molar-refractivity contribution in [2.45, 2.75) is 183 Å². The molecule has 4 rings (SSSR count). The summed E-state index contributed by atoms with van der Waals surface area (Å²) in [6, 6.07) is 0. The summed E-state index contributed by atoms with van der Waals surface area (Å²) in [6.45, 7) is 15.4. The highest BCUT2D eigenvalue weighted by atomic mass is 16.4. The van der Waals surface area contributed by atoms with E-state index in [1.54, 1.807) is 0 Å². The number of carboxylic acids is 1. The fourth-order valence-corrected chi connectivity index (χ4v) is 11.6. The molecule has 3 saturated carbocycles. The molecule has 4 aliphatic carbocycles. The van der Waals surface area contributed by atoms with Crippen LogP contribution in [0.25, 0.3) is 0 Å². The largest absolute Gasteiger partial charge is 0.481 e. The fourth-order valence-electron chi connectivity index (χ4n) is 11.6. The van der Waals surface area contributed by atoms with E-state index in [2.05, 4.69) is 47.6 Å². The van der Waals surface area contributed by atoms with Crippen molar-refractivity contribution < 1.29 is 9.90 Å². The average molecular weight is 597 g/mol. The normalized spacial score (nSPS) is 35.1. The van der Waals surface area contributed by atoms with Crippen LogP contribution < -0.4 is 0 Å². The van der Waals surface area contributed by atoms with Crippen LogP contribution >= 0.6 is 0 Å². The highest BCUT2D eigenvalue weighted by molar-refractivity contribution is 5.66. The zero-order valence-corrected chi connectivity index (χ0v) is 29.6. The first-order valence-electron chi connectivity index (χ1n) is 19.5. The Balaban J connectivity index is 1.20. The smallest absolute Gasteiger partial charge is 0.303 e. The van der Waals surface area contributed by atoms with Gasteiger partial charge >= 0.3 is 5.97 Å². The minimum Gasteiger partial charge on any atom is -0.481 e. The molecule has 4 aliphatic rings. The lowest BCUT2D eigenvalue weighted by Gasteiger charge is -2.58. The van der Waals surface area contributed by atoms with Crippen LogP contribution in [0.3, 0.4) is 0 Å². The summed E-state index contributed by atoms with van der Waals surface area (Å²) in [5, 5.41) is 8.75. The predicted molar refractivity (Wildman–Crippen MR) is 184 cm³/mol. The van der Waals surface area contributed by atoms with Crippen LogP contribution in [0.15, 0.2) is 11.6 Å². The van der Waals surface area contributed by atoms with Gasteiger partial charge in [0.05, 0.1) is 0 Å². The molecule has 0 heterocycles. The number of carbonyl (C=O) groups is 1. The third-order valence-electron chi connectivity index (χ3n) is 14.4. The van der Waals surface area contributed by atoms with Gasteiger partial charge in [0.25, 0.3) is 0 Å². The summed E-state index contributed by atoms with van der Waals surface area (Å²) < 4.78 is 0. The van der Waals surface area contributed by atoms with Gasteiger partial charge in [-0.2, -0.15) is 0 Å². The second-order valence-corrected chi connectivity index (χ2v) is 17.2. The number of allylic oxidation sites excluding steroid dienone is 2. The quantitative estimate of drug-likeness (QED) is 0.126. The molecule has 0 saturated heterocycles. The minimum atomic E-state index is -0.645. The number of unbranched alkanes of at least 4 members (excludes halogenated alkanes) is 8. The van der Waals surface area contributed by atoms with E-state index in [1.807, 2.05) is 5.57 Å². The second-order valence-electron chi connectivity index (χ2n) is 17.2. The van der Waals surface area contributed by atoms with E-state index in [1.165, 1.54) is 122 Å². The zero-order chi connectivity index (χ0) is 31.0. The van der Waals surface area contributed by atoms with E-state index in [4.69, 9.17) is 5.11 Å². The molecule has 0 aromatic rings. The fraction of sp³-hybridized carbons (Fsp3) is 0.927. The summed E-state index contributed by atoms with van der Waals surface area (Å²) in [5.41, 5.74) is 2.98. The van der Waals surface area contributed by atoms with Crippen LogP contribution in [0.5, 0.6) is 0 Å². The van der Waals surface area contributed by atoms with Crippen molar-refractivity contribution in [3.05, 3.63) is 11.6 Å². The third kappa shape index (κ3) is 8.52.